The van der Waals surface area contributed by atoms with Crippen molar-refractivity contribution < 1.29 is 18.7 Å². The third-order valence-corrected chi connectivity index (χ3v) is 5.84. The predicted molar refractivity (Wildman–Crippen MR) is 121 cm³/mol. The van der Waals surface area contributed by atoms with Crippen LogP contribution < -0.4 is 10.6 Å². The third kappa shape index (κ3) is 5.20. The van der Waals surface area contributed by atoms with Crippen molar-refractivity contribution in [3.8, 4) is 0 Å². The van der Waals surface area contributed by atoms with Gasteiger partial charge in [-0.2, -0.15) is 0 Å². The molecule has 4 rings (SSSR count). The first-order valence-electron chi connectivity index (χ1n) is 11.0. The highest BCUT2D eigenvalue weighted by Crippen LogP contribution is 2.24. The van der Waals surface area contributed by atoms with Crippen LogP contribution in [0.5, 0.6) is 0 Å². The first-order chi connectivity index (χ1) is 15.5. The molecule has 1 aliphatic heterocycles. The Labute approximate surface area is 187 Å². The van der Waals surface area contributed by atoms with Gasteiger partial charge < -0.3 is 24.8 Å². The van der Waals surface area contributed by atoms with E-state index < -0.39 is 6.04 Å². The number of carbonyl (C=O) groups excluding carboxylic acids is 2. The van der Waals surface area contributed by atoms with Crippen LogP contribution in [0.2, 0.25) is 0 Å². The Morgan fingerprint density at radius 3 is 2.66 bits per heavy atom. The second-order valence-corrected chi connectivity index (χ2v) is 8.17. The zero-order valence-electron chi connectivity index (χ0n) is 18.5. The second-order valence-electron chi connectivity index (χ2n) is 8.17. The number of carbonyl (C=O) groups is 2. The van der Waals surface area contributed by atoms with Crippen molar-refractivity contribution >= 4 is 22.7 Å². The van der Waals surface area contributed by atoms with Crippen LogP contribution in [0.1, 0.15) is 30.0 Å². The second kappa shape index (κ2) is 10.0. The maximum atomic E-state index is 13.2. The molecule has 8 heteroatoms. The van der Waals surface area contributed by atoms with E-state index in [-0.39, 0.29) is 17.9 Å². The molecule has 1 saturated heterocycles. The summed E-state index contributed by atoms with van der Waals surface area (Å²) in [5, 5.41) is 6.90. The number of aryl methyl sites for hydroxylation is 1. The van der Waals surface area contributed by atoms with E-state index in [4.69, 9.17) is 9.15 Å². The average Bonchev–Trinajstić information content (AvgIpc) is 3.40. The maximum absolute atomic E-state index is 13.2. The highest BCUT2D eigenvalue weighted by atomic mass is 16.5. The third-order valence-electron chi connectivity index (χ3n) is 5.84. The van der Waals surface area contributed by atoms with Crippen LogP contribution in [0.3, 0.4) is 0 Å². The molecule has 32 heavy (non-hydrogen) atoms. The summed E-state index contributed by atoms with van der Waals surface area (Å²) in [4.78, 5) is 30.5. The minimum absolute atomic E-state index is 0.0948. The Bertz CT molecular complexity index is 1070. The Kier molecular flexibility index (Phi) is 6.92. The molecule has 0 unspecified atom stereocenters. The monoisotopic (exact) mass is 438 g/mol. The topological polar surface area (TPSA) is 99.6 Å². The highest BCUT2D eigenvalue weighted by molar-refractivity contribution is 5.89. The van der Waals surface area contributed by atoms with Gasteiger partial charge in [0.2, 0.25) is 11.8 Å². The molecule has 1 fully saturated rings. The SMILES string of the molecule is CC(=O)N[C@H](Cc1c[nH]c2ccccc12)C(=O)NC[C@H](c1ccc(C)o1)N1CCOCC1. The number of aromatic amines is 1. The van der Waals surface area contributed by atoms with Crippen molar-refractivity contribution in [3.63, 3.8) is 0 Å². The molecule has 3 heterocycles. The molecule has 3 aromatic rings. The summed E-state index contributed by atoms with van der Waals surface area (Å²) in [5.41, 5.74) is 1.99. The lowest BCUT2D eigenvalue weighted by Gasteiger charge is -2.33. The molecule has 0 saturated carbocycles. The van der Waals surface area contributed by atoms with Crippen molar-refractivity contribution in [2.75, 3.05) is 32.8 Å². The minimum atomic E-state index is -0.671. The van der Waals surface area contributed by atoms with Gasteiger partial charge in [-0.05, 0) is 30.7 Å². The molecule has 2 atom stereocenters. The number of H-pyrrole nitrogens is 1. The van der Waals surface area contributed by atoms with Crippen molar-refractivity contribution in [2.24, 2.45) is 0 Å². The Balaban J connectivity index is 1.48. The standard InChI is InChI=1S/C24H30N4O4/c1-16-7-8-23(32-16)22(28-9-11-31-12-10-28)15-26-24(30)21(27-17(2)29)13-18-14-25-20-6-4-3-5-19(18)20/h3-8,14,21-22,25H,9-13,15H2,1-2H3,(H,26,30)(H,27,29)/t21-,22-/m1/s1. The van der Waals surface area contributed by atoms with Crippen LogP contribution in [0, 0.1) is 6.92 Å². The van der Waals surface area contributed by atoms with Crippen LogP contribution in [0.4, 0.5) is 0 Å². The number of hydrogen-bond acceptors (Lipinski definition) is 5. The summed E-state index contributed by atoms with van der Waals surface area (Å²) in [5.74, 6) is 1.20. The van der Waals surface area contributed by atoms with E-state index in [0.717, 1.165) is 41.1 Å². The van der Waals surface area contributed by atoms with Crippen molar-refractivity contribution in [1.29, 1.82) is 0 Å². The molecule has 8 nitrogen and oxygen atoms in total. The number of ether oxygens (including phenoxy) is 1. The molecule has 0 spiro atoms. The fourth-order valence-electron chi connectivity index (χ4n) is 4.23. The van der Waals surface area contributed by atoms with E-state index in [1.165, 1.54) is 6.92 Å². The fourth-order valence-corrected chi connectivity index (χ4v) is 4.23. The molecule has 2 amide bonds. The molecule has 0 radical (unpaired) electrons. The average molecular weight is 439 g/mol. The van der Waals surface area contributed by atoms with Crippen LogP contribution in [-0.2, 0) is 20.7 Å². The smallest absolute Gasteiger partial charge is 0.242 e. The lowest BCUT2D eigenvalue weighted by atomic mass is 10.0. The molecule has 170 valence electrons. The number of amides is 2. The number of hydrogen-bond donors (Lipinski definition) is 3. The zero-order valence-corrected chi connectivity index (χ0v) is 18.5. The Hall–Kier alpha value is -3.10. The zero-order chi connectivity index (χ0) is 22.5. The van der Waals surface area contributed by atoms with Gasteiger partial charge in [-0.3, -0.25) is 14.5 Å². The summed E-state index contributed by atoms with van der Waals surface area (Å²) in [6, 6.07) is 11.1. The van der Waals surface area contributed by atoms with E-state index in [1.807, 2.05) is 49.5 Å². The molecule has 2 aromatic heterocycles. The number of para-hydroxylation sites is 1. The highest BCUT2D eigenvalue weighted by Gasteiger charge is 2.28. The first kappa shape index (κ1) is 22.1. The van der Waals surface area contributed by atoms with E-state index in [1.54, 1.807) is 0 Å². The largest absolute Gasteiger partial charge is 0.465 e. The number of furan rings is 1. The van der Waals surface area contributed by atoms with Gasteiger partial charge >= 0.3 is 0 Å². The van der Waals surface area contributed by atoms with Gasteiger partial charge in [0.1, 0.15) is 17.6 Å². The molecule has 1 aliphatic rings. The molecule has 0 aliphatic carbocycles. The summed E-state index contributed by atoms with van der Waals surface area (Å²) in [6.45, 7) is 6.56. The predicted octanol–water partition coefficient (Wildman–Crippen LogP) is 2.31. The van der Waals surface area contributed by atoms with Gasteiger partial charge in [0.15, 0.2) is 0 Å². The summed E-state index contributed by atoms with van der Waals surface area (Å²) >= 11 is 0. The minimum Gasteiger partial charge on any atom is -0.465 e. The lowest BCUT2D eigenvalue weighted by Crippen LogP contribution is -2.50. The van der Waals surface area contributed by atoms with E-state index >= 15 is 0 Å². The van der Waals surface area contributed by atoms with Crippen LogP contribution in [0.25, 0.3) is 10.9 Å². The molecular weight excluding hydrogens is 408 g/mol. The number of benzene rings is 1. The summed E-state index contributed by atoms with van der Waals surface area (Å²) in [6.07, 6.45) is 2.30. The Morgan fingerprint density at radius 1 is 1.16 bits per heavy atom. The number of aromatic nitrogens is 1. The number of rotatable bonds is 8. The molecule has 0 bridgehead atoms. The molecule has 1 aromatic carbocycles. The summed E-state index contributed by atoms with van der Waals surface area (Å²) in [7, 11) is 0. The van der Waals surface area contributed by atoms with Gasteiger partial charge in [-0.15, -0.1) is 0 Å². The quantitative estimate of drug-likeness (QED) is 0.501. The van der Waals surface area contributed by atoms with E-state index in [0.29, 0.717) is 26.2 Å². The summed E-state index contributed by atoms with van der Waals surface area (Å²) < 4.78 is 11.4. The number of morpholine rings is 1. The van der Waals surface area contributed by atoms with Gasteiger partial charge in [0.25, 0.3) is 0 Å². The van der Waals surface area contributed by atoms with Gasteiger partial charge in [0, 0.05) is 50.1 Å². The van der Waals surface area contributed by atoms with Gasteiger partial charge in [0.05, 0.1) is 19.3 Å². The van der Waals surface area contributed by atoms with Gasteiger partial charge in [-0.1, -0.05) is 18.2 Å². The molecule has 3 N–H and O–H groups in total. The fraction of sp³-hybridized carbons (Fsp3) is 0.417. The normalized spacial score (nSPS) is 16.6. The first-order valence-corrected chi connectivity index (χ1v) is 11.0. The molecular formula is C24H30N4O4. The van der Waals surface area contributed by atoms with E-state index in [2.05, 4.69) is 20.5 Å². The maximum Gasteiger partial charge on any atom is 0.242 e. The van der Waals surface area contributed by atoms with Crippen LogP contribution >= 0.6 is 0 Å². The van der Waals surface area contributed by atoms with Gasteiger partial charge in [-0.25, -0.2) is 0 Å². The number of fused-ring (bicyclic) bond motifs is 1. The van der Waals surface area contributed by atoms with Crippen molar-refractivity contribution in [1.82, 2.24) is 20.5 Å². The van der Waals surface area contributed by atoms with Crippen molar-refractivity contribution in [2.45, 2.75) is 32.4 Å². The number of nitrogens with one attached hydrogen (secondary N) is 3. The van der Waals surface area contributed by atoms with Crippen LogP contribution in [0.15, 0.2) is 47.0 Å². The number of nitrogens with zero attached hydrogens (tertiary/aromatic N) is 1. The van der Waals surface area contributed by atoms with Crippen molar-refractivity contribution in [3.05, 3.63) is 59.7 Å². The Morgan fingerprint density at radius 2 is 1.94 bits per heavy atom. The van der Waals surface area contributed by atoms with E-state index in [9.17, 15) is 9.59 Å². The lowest BCUT2D eigenvalue weighted by molar-refractivity contribution is -0.128. The van der Waals surface area contributed by atoms with Crippen LogP contribution in [-0.4, -0.2) is 60.6 Å².